The minimum atomic E-state index is 0.332. The average molecular weight is 760 g/mol. The number of pyridine rings is 1. The van der Waals surface area contributed by atoms with E-state index >= 15 is 0 Å². The summed E-state index contributed by atoms with van der Waals surface area (Å²) in [4.78, 5) is 15.2. The molecule has 58 heavy (non-hydrogen) atoms. The van der Waals surface area contributed by atoms with Crippen molar-refractivity contribution < 1.29 is 0 Å². The second-order valence-corrected chi connectivity index (χ2v) is 16.1. The highest BCUT2D eigenvalue weighted by molar-refractivity contribution is 7.26. The number of hydrogen-bond donors (Lipinski definition) is 0. The summed E-state index contributed by atoms with van der Waals surface area (Å²) in [5.74, 6) is 1.06. The van der Waals surface area contributed by atoms with Gasteiger partial charge in [0.05, 0.1) is 21.6 Å². The van der Waals surface area contributed by atoms with Crippen LogP contribution in [0.15, 0.2) is 194 Å². The third kappa shape index (κ3) is 6.19. The highest BCUT2D eigenvalue weighted by atomic mass is 32.1. The lowest BCUT2D eigenvalue weighted by molar-refractivity contribution is 0.729. The van der Waals surface area contributed by atoms with E-state index in [0.29, 0.717) is 5.92 Å². The molecular weight excluding hydrogens is 723 g/mol. The number of hydrogen-bond acceptors (Lipinski definition) is 4. The minimum Gasteiger partial charge on any atom is -0.256 e. The predicted octanol–water partition coefficient (Wildman–Crippen LogP) is 14.3. The van der Waals surface area contributed by atoms with Gasteiger partial charge >= 0.3 is 0 Å². The molecule has 11 rings (SSSR count). The van der Waals surface area contributed by atoms with Crippen molar-refractivity contribution in [1.29, 1.82) is 0 Å². The molecule has 1 atom stereocenters. The van der Waals surface area contributed by atoms with Crippen LogP contribution in [-0.2, 0) is 6.42 Å². The van der Waals surface area contributed by atoms with Crippen LogP contribution in [0.5, 0.6) is 0 Å². The maximum atomic E-state index is 5.37. The van der Waals surface area contributed by atoms with E-state index in [1.807, 2.05) is 18.3 Å². The summed E-state index contributed by atoms with van der Waals surface area (Å²) in [5, 5.41) is 1.16. The molecule has 0 saturated carbocycles. The largest absolute Gasteiger partial charge is 0.256 e. The van der Waals surface area contributed by atoms with Crippen LogP contribution in [-0.4, -0.2) is 15.0 Å². The van der Waals surface area contributed by atoms with Crippen molar-refractivity contribution in [1.82, 2.24) is 15.0 Å². The molecule has 3 aromatic heterocycles. The maximum absolute atomic E-state index is 5.37. The van der Waals surface area contributed by atoms with Gasteiger partial charge < -0.3 is 0 Å². The quantitative estimate of drug-likeness (QED) is 0.155. The number of thiophene rings is 1. The summed E-state index contributed by atoms with van der Waals surface area (Å²) in [5.41, 5.74) is 17.7. The molecule has 0 amide bonds. The Labute approximate surface area is 342 Å². The first-order valence-corrected chi connectivity index (χ1v) is 20.7. The third-order valence-corrected chi connectivity index (χ3v) is 12.8. The van der Waals surface area contributed by atoms with Gasteiger partial charge in [0.1, 0.15) is 0 Å². The molecule has 3 nitrogen and oxygen atoms in total. The number of rotatable bonds is 8. The zero-order valence-corrected chi connectivity index (χ0v) is 32.5. The SMILES string of the molecule is c1ccc(-c2cc(-c3ccc4c(c3)-c3ccccc3[C@@H]4CCc3ccc(-c4ccccn4)cc3)cc(-c3nc(-c4ccccc4)c4sc5ccccc5c4n3)c2)cc1. The van der Waals surface area contributed by atoms with Crippen LogP contribution in [0.3, 0.4) is 0 Å². The van der Waals surface area contributed by atoms with Crippen molar-refractivity contribution >= 4 is 31.6 Å². The maximum Gasteiger partial charge on any atom is 0.160 e. The van der Waals surface area contributed by atoms with Crippen LogP contribution in [0, 0.1) is 0 Å². The summed E-state index contributed by atoms with van der Waals surface area (Å²) >= 11 is 1.77. The van der Waals surface area contributed by atoms with E-state index in [0.717, 1.165) is 79.0 Å². The van der Waals surface area contributed by atoms with Crippen molar-refractivity contribution in [3.05, 3.63) is 211 Å². The molecule has 4 heteroatoms. The van der Waals surface area contributed by atoms with E-state index in [-0.39, 0.29) is 0 Å². The molecule has 1 aliphatic rings. The van der Waals surface area contributed by atoms with Gasteiger partial charge in [-0.15, -0.1) is 11.3 Å². The topological polar surface area (TPSA) is 38.7 Å². The molecular formula is C54H37N3S. The first kappa shape index (κ1) is 34.3. The standard InChI is InChI=1S/C54H37N3S/c1-3-13-36(14-4-1)40-31-41(33-42(32-40)54-56-51(38-15-5-2-6-16-38)53-52(57-54)47-19-9-10-21-50(47)58-53)39-27-29-46-45(43-17-7-8-18-44(43)48(46)34-39)28-24-35-22-25-37(26-23-35)49-20-11-12-30-55-49/h1-23,25-27,29-34,45H,24,28H2/t45-/m0/s1. The highest BCUT2D eigenvalue weighted by Crippen LogP contribution is 2.48. The molecule has 10 aromatic rings. The van der Waals surface area contributed by atoms with Crippen molar-refractivity contribution in [2.45, 2.75) is 18.8 Å². The molecule has 0 aliphatic heterocycles. The first-order chi connectivity index (χ1) is 28.7. The van der Waals surface area contributed by atoms with Crippen molar-refractivity contribution in [3.8, 4) is 67.3 Å². The number of aromatic nitrogens is 3. The molecule has 0 N–H and O–H groups in total. The number of fused-ring (bicyclic) bond motifs is 6. The molecule has 0 spiro atoms. The van der Waals surface area contributed by atoms with Gasteiger partial charge in [0.25, 0.3) is 0 Å². The Morgan fingerprint density at radius 2 is 1.14 bits per heavy atom. The fourth-order valence-electron chi connectivity index (χ4n) is 8.72. The van der Waals surface area contributed by atoms with Crippen LogP contribution in [0.1, 0.15) is 29.0 Å². The minimum absolute atomic E-state index is 0.332. The normalized spacial score (nSPS) is 13.1. The predicted molar refractivity (Wildman–Crippen MR) is 242 cm³/mol. The number of aryl methyl sites for hydroxylation is 1. The smallest absolute Gasteiger partial charge is 0.160 e. The van der Waals surface area contributed by atoms with Crippen molar-refractivity contribution in [2.24, 2.45) is 0 Å². The van der Waals surface area contributed by atoms with E-state index in [2.05, 4.69) is 181 Å². The lowest BCUT2D eigenvalue weighted by Gasteiger charge is -2.15. The van der Waals surface area contributed by atoms with E-state index in [1.54, 1.807) is 11.3 Å². The molecule has 274 valence electrons. The van der Waals surface area contributed by atoms with Gasteiger partial charge in [-0.3, -0.25) is 4.98 Å². The van der Waals surface area contributed by atoms with Gasteiger partial charge in [-0.05, 0) is 105 Å². The Bertz CT molecular complexity index is 3100. The number of nitrogens with zero attached hydrogens (tertiary/aromatic N) is 3. The van der Waals surface area contributed by atoms with E-state index in [4.69, 9.17) is 9.97 Å². The Hall–Kier alpha value is -7.01. The van der Waals surface area contributed by atoms with Gasteiger partial charge in [0.2, 0.25) is 0 Å². The Kier molecular flexibility index (Phi) is 8.56. The van der Waals surface area contributed by atoms with Crippen LogP contribution in [0.25, 0.3) is 87.6 Å². The summed E-state index contributed by atoms with van der Waals surface area (Å²) in [6.07, 6.45) is 3.89. The van der Waals surface area contributed by atoms with E-state index in [1.165, 1.54) is 38.1 Å². The number of benzene rings is 7. The second kappa shape index (κ2) is 14.5. The van der Waals surface area contributed by atoms with Crippen molar-refractivity contribution in [3.63, 3.8) is 0 Å². The van der Waals surface area contributed by atoms with Gasteiger partial charge in [0.15, 0.2) is 5.82 Å². The van der Waals surface area contributed by atoms with Gasteiger partial charge in [0, 0.05) is 38.9 Å². The highest BCUT2D eigenvalue weighted by Gasteiger charge is 2.29. The zero-order valence-electron chi connectivity index (χ0n) is 31.7. The van der Waals surface area contributed by atoms with Crippen LogP contribution in [0.2, 0.25) is 0 Å². The molecule has 7 aromatic carbocycles. The lowest BCUT2D eigenvalue weighted by atomic mass is 9.89. The van der Waals surface area contributed by atoms with E-state index in [9.17, 15) is 0 Å². The first-order valence-electron chi connectivity index (χ1n) is 19.9. The van der Waals surface area contributed by atoms with Crippen molar-refractivity contribution in [2.75, 3.05) is 0 Å². The molecule has 0 saturated heterocycles. The van der Waals surface area contributed by atoms with Gasteiger partial charge in [-0.25, -0.2) is 9.97 Å². The van der Waals surface area contributed by atoms with Crippen LogP contribution in [0.4, 0.5) is 0 Å². The van der Waals surface area contributed by atoms with Gasteiger partial charge in [-0.1, -0.05) is 146 Å². The lowest BCUT2D eigenvalue weighted by Crippen LogP contribution is -1.99. The monoisotopic (exact) mass is 759 g/mol. The molecule has 1 aliphatic carbocycles. The molecule has 3 heterocycles. The van der Waals surface area contributed by atoms with Crippen LogP contribution >= 0.6 is 11.3 Å². The molecule has 0 bridgehead atoms. The summed E-state index contributed by atoms with van der Waals surface area (Å²) in [7, 11) is 0. The Balaban J connectivity index is 1.00. The third-order valence-electron chi connectivity index (χ3n) is 11.6. The van der Waals surface area contributed by atoms with E-state index < -0.39 is 0 Å². The zero-order chi connectivity index (χ0) is 38.4. The molecule has 0 unspecified atom stereocenters. The summed E-state index contributed by atoms with van der Waals surface area (Å²) < 4.78 is 2.33. The molecule has 0 radical (unpaired) electrons. The fourth-order valence-corrected chi connectivity index (χ4v) is 9.87. The summed E-state index contributed by atoms with van der Waals surface area (Å²) in [6, 6.07) is 67.7. The summed E-state index contributed by atoms with van der Waals surface area (Å²) in [6.45, 7) is 0. The Morgan fingerprint density at radius 3 is 1.95 bits per heavy atom. The fraction of sp³-hybridized carbons (Fsp3) is 0.0556. The molecule has 0 fully saturated rings. The average Bonchev–Trinajstić information content (AvgIpc) is 3.84. The van der Waals surface area contributed by atoms with Crippen LogP contribution < -0.4 is 0 Å². The second-order valence-electron chi connectivity index (χ2n) is 15.1. The Morgan fingerprint density at radius 1 is 0.466 bits per heavy atom. The van der Waals surface area contributed by atoms with Gasteiger partial charge in [-0.2, -0.15) is 0 Å².